The van der Waals surface area contributed by atoms with Crippen LogP contribution in [0.4, 0.5) is 11.4 Å². The van der Waals surface area contributed by atoms with E-state index < -0.39 is 35.8 Å². The normalized spacial score (nSPS) is 19.3. The van der Waals surface area contributed by atoms with Gasteiger partial charge in [-0.15, -0.1) is 0 Å². The van der Waals surface area contributed by atoms with Gasteiger partial charge in [-0.2, -0.15) is 29.8 Å². The van der Waals surface area contributed by atoms with Crippen LogP contribution in [0.2, 0.25) is 0 Å². The highest BCUT2D eigenvalue weighted by molar-refractivity contribution is 7.86. The molecule has 0 fully saturated rings. The molecule has 0 radical (unpaired) electrons. The van der Waals surface area contributed by atoms with Crippen LogP contribution in [0.25, 0.3) is 0 Å². The van der Waals surface area contributed by atoms with Crippen molar-refractivity contribution < 1.29 is 48.2 Å². The highest BCUT2D eigenvalue weighted by atomic mass is 32.2. The molecule has 3 N–H and O–H groups in total. The van der Waals surface area contributed by atoms with E-state index in [0.29, 0.717) is 55.8 Å². The fraction of sp³-hybridized carbons (Fsp3) is 0.386. The van der Waals surface area contributed by atoms with E-state index in [0.717, 1.165) is 52.3 Å². The lowest BCUT2D eigenvalue weighted by Gasteiger charge is -2.27. The maximum Gasteiger partial charge on any atom is 0.294 e. The van der Waals surface area contributed by atoms with Gasteiger partial charge in [-0.3, -0.25) is 13.7 Å². The summed E-state index contributed by atoms with van der Waals surface area (Å²) in [5, 5.41) is 0. The topological polar surface area (TPSA) is 179 Å². The Hall–Kier alpha value is -4.38. The van der Waals surface area contributed by atoms with Crippen molar-refractivity contribution in [3.8, 4) is 5.75 Å². The van der Waals surface area contributed by atoms with Gasteiger partial charge in [0.1, 0.15) is 18.1 Å². The van der Waals surface area contributed by atoms with Crippen molar-refractivity contribution in [1.82, 2.24) is 0 Å². The fourth-order valence-electron chi connectivity index (χ4n) is 8.36. The lowest BCUT2D eigenvalue weighted by molar-refractivity contribution is -0.438. The molecule has 15 heteroatoms. The van der Waals surface area contributed by atoms with Crippen molar-refractivity contribution >= 4 is 47.4 Å². The van der Waals surface area contributed by atoms with E-state index in [4.69, 9.17) is 4.74 Å². The Bertz CT molecular complexity index is 2590. The summed E-state index contributed by atoms with van der Waals surface area (Å²) in [6.45, 7) is 9.26. The Morgan fingerprint density at radius 1 is 0.729 bits per heavy atom. The summed E-state index contributed by atoms with van der Waals surface area (Å²) >= 11 is 0. The summed E-state index contributed by atoms with van der Waals surface area (Å²) in [5.74, 6) is 0.709. The van der Waals surface area contributed by atoms with Crippen molar-refractivity contribution in [2.24, 2.45) is 0 Å². The summed E-state index contributed by atoms with van der Waals surface area (Å²) in [6.07, 6.45) is 12.1. The second-order valence-corrected chi connectivity index (χ2v) is 20.9. The molecule has 1 aliphatic carbocycles. The van der Waals surface area contributed by atoms with E-state index >= 15 is 0 Å². The van der Waals surface area contributed by atoms with Crippen LogP contribution < -0.4 is 9.64 Å². The number of nitrogens with zero attached hydrogens (tertiary/aromatic N) is 2. The van der Waals surface area contributed by atoms with Gasteiger partial charge >= 0.3 is 0 Å². The number of unbranched alkanes of at least 4 members (excludes halogenated alkanes) is 2. The van der Waals surface area contributed by atoms with Gasteiger partial charge < -0.3 is 9.64 Å². The van der Waals surface area contributed by atoms with E-state index in [1.165, 1.54) is 12.1 Å². The standard InChI is InChI=1S/C44H52N2O10S3/c1-43(2)36-19-8-9-20-38(36)45(27-10-12-29-57(47,48)49)40(43)25-21-32-15-14-16-33(42(32)56-34-17-6-5-7-18-34)22-26-41-44(3,4)37-31-35(59(53,54)55)23-24-39(37)46(41)28-11-13-30-58(50,51)52/h5-9,17-26,31H,10-16,27-30H2,1-4H3,(H2-,47,48,49,50,51,52,53,54,55)/p+1. The highest BCUT2D eigenvalue weighted by Crippen LogP contribution is 2.49. The third kappa shape index (κ3) is 10.3. The second-order valence-electron chi connectivity index (χ2n) is 16.3. The van der Waals surface area contributed by atoms with E-state index in [-0.39, 0.29) is 28.2 Å². The predicted molar refractivity (Wildman–Crippen MR) is 230 cm³/mol. The molecule has 0 bridgehead atoms. The van der Waals surface area contributed by atoms with E-state index in [1.807, 2.05) is 73.4 Å². The van der Waals surface area contributed by atoms with E-state index in [9.17, 15) is 38.9 Å². The predicted octanol–water partition coefficient (Wildman–Crippen LogP) is 8.33. The Kier molecular flexibility index (Phi) is 13.0. The Morgan fingerprint density at radius 3 is 2.07 bits per heavy atom. The number of allylic oxidation sites excluding steroid dienone is 7. The summed E-state index contributed by atoms with van der Waals surface area (Å²) in [6, 6.07) is 22.2. The van der Waals surface area contributed by atoms with Crippen LogP contribution in [-0.4, -0.2) is 73.8 Å². The smallest absolute Gasteiger partial charge is 0.294 e. The largest absolute Gasteiger partial charge is 0.457 e. The fourth-order valence-corrected chi connectivity index (χ4v) is 10.0. The van der Waals surface area contributed by atoms with Crippen molar-refractivity contribution in [3.05, 3.63) is 131 Å². The average molecular weight is 866 g/mol. The molecule has 3 aromatic rings. The molecule has 0 amide bonds. The van der Waals surface area contributed by atoms with Crippen LogP contribution >= 0.6 is 0 Å². The van der Waals surface area contributed by atoms with Crippen LogP contribution in [0.3, 0.4) is 0 Å². The molecule has 0 saturated heterocycles. The number of fused-ring (bicyclic) bond motifs is 2. The molecule has 59 heavy (non-hydrogen) atoms. The molecular formula is C44H53N2O10S3+. The lowest BCUT2D eigenvalue weighted by atomic mass is 9.81. The van der Waals surface area contributed by atoms with Crippen molar-refractivity contribution in [2.45, 2.75) is 88.4 Å². The third-order valence-corrected chi connectivity index (χ3v) is 13.8. The molecule has 3 aromatic carbocycles. The van der Waals surface area contributed by atoms with Crippen LogP contribution in [0.1, 0.15) is 83.8 Å². The van der Waals surface area contributed by atoms with E-state index in [1.54, 1.807) is 6.07 Å². The van der Waals surface area contributed by atoms with Gasteiger partial charge in [-0.1, -0.05) is 56.3 Å². The van der Waals surface area contributed by atoms with Crippen LogP contribution in [-0.2, 0) is 41.2 Å². The number of rotatable bonds is 16. The second kappa shape index (κ2) is 17.3. The number of hydrogen-bond acceptors (Lipinski definition) is 8. The molecule has 3 aliphatic rings. The SMILES string of the molecule is CC1(C)C(/C=C/C2=C(Oc3ccccc3)C(=C/C=C3/N(CCCCS(=O)(=O)O)c4ccc(S(=O)(=O)O)cc4C3(C)C)/CCC2)=[N+](CCCCS(=O)(=O)O)c2ccccc21. The Balaban J connectivity index is 1.42. The zero-order valence-corrected chi connectivity index (χ0v) is 36.3. The van der Waals surface area contributed by atoms with Crippen LogP contribution in [0.5, 0.6) is 5.75 Å². The molecule has 0 atom stereocenters. The van der Waals surface area contributed by atoms with Gasteiger partial charge in [-0.25, -0.2) is 0 Å². The molecule has 0 unspecified atom stereocenters. The summed E-state index contributed by atoms with van der Waals surface area (Å²) in [5.41, 5.74) is 6.39. The Morgan fingerprint density at radius 2 is 1.39 bits per heavy atom. The number of para-hydroxylation sites is 2. The van der Waals surface area contributed by atoms with E-state index in [2.05, 4.69) is 42.7 Å². The molecule has 2 aliphatic heterocycles. The number of hydrogen-bond donors (Lipinski definition) is 3. The number of ether oxygens (including phenoxy) is 1. The molecule has 12 nitrogen and oxygen atoms in total. The highest BCUT2D eigenvalue weighted by Gasteiger charge is 2.44. The number of benzene rings is 3. The molecule has 316 valence electrons. The minimum absolute atomic E-state index is 0.219. The lowest BCUT2D eigenvalue weighted by Crippen LogP contribution is -2.28. The quantitative estimate of drug-likeness (QED) is 0.0716. The maximum absolute atomic E-state index is 12.2. The third-order valence-electron chi connectivity index (χ3n) is 11.4. The molecular weight excluding hydrogens is 813 g/mol. The average Bonchev–Trinajstić information content (AvgIpc) is 3.51. The first-order valence-electron chi connectivity index (χ1n) is 19.8. The molecule has 6 rings (SSSR count). The van der Waals surface area contributed by atoms with Gasteiger partial charge in [0.05, 0.1) is 21.8 Å². The zero-order valence-electron chi connectivity index (χ0n) is 33.8. The molecule has 0 aromatic heterocycles. The molecule has 0 spiro atoms. The first-order chi connectivity index (χ1) is 27.7. The van der Waals surface area contributed by atoms with Crippen molar-refractivity contribution in [1.29, 1.82) is 0 Å². The van der Waals surface area contributed by atoms with Gasteiger partial charge in [0.2, 0.25) is 5.69 Å². The van der Waals surface area contributed by atoms with Gasteiger partial charge in [0.15, 0.2) is 5.71 Å². The van der Waals surface area contributed by atoms with Gasteiger partial charge in [-0.05, 0) is 112 Å². The van der Waals surface area contributed by atoms with Crippen molar-refractivity contribution in [3.63, 3.8) is 0 Å². The first-order valence-corrected chi connectivity index (χ1v) is 24.4. The maximum atomic E-state index is 12.2. The zero-order chi connectivity index (χ0) is 42.8. The number of anilines is 1. The van der Waals surface area contributed by atoms with Crippen molar-refractivity contribution in [2.75, 3.05) is 29.5 Å². The van der Waals surface area contributed by atoms with Gasteiger partial charge in [0.25, 0.3) is 30.4 Å². The molecule has 0 saturated carbocycles. The first kappa shape index (κ1) is 44.2. The molecule has 2 heterocycles. The van der Waals surface area contributed by atoms with Crippen LogP contribution in [0.15, 0.2) is 125 Å². The summed E-state index contributed by atoms with van der Waals surface area (Å²) in [7, 11) is -12.7. The van der Waals surface area contributed by atoms with Crippen LogP contribution in [0, 0.1) is 0 Å². The summed E-state index contributed by atoms with van der Waals surface area (Å²) < 4.78 is 108. The minimum atomic E-state index is -4.48. The van der Waals surface area contributed by atoms with Gasteiger partial charge in [0, 0.05) is 47.5 Å². The Labute approximate surface area is 348 Å². The summed E-state index contributed by atoms with van der Waals surface area (Å²) in [4.78, 5) is 1.82. The monoisotopic (exact) mass is 865 g/mol. The minimum Gasteiger partial charge on any atom is -0.457 e.